The molecule has 3 aromatic rings. The summed E-state index contributed by atoms with van der Waals surface area (Å²) in [6.45, 7) is 2.05. The van der Waals surface area contributed by atoms with Gasteiger partial charge in [-0.1, -0.05) is 91.0 Å². The fraction of sp³-hybridized carbons (Fsp3) is 0.412. The van der Waals surface area contributed by atoms with Crippen LogP contribution in [0.2, 0.25) is 10.0 Å². The molecule has 0 radical (unpaired) electrons. The Morgan fingerprint density at radius 3 is 2.30 bits per heavy atom. The van der Waals surface area contributed by atoms with Crippen LogP contribution in [0, 0.1) is 6.92 Å². The molecule has 0 saturated heterocycles. The molecule has 44 heavy (non-hydrogen) atoms. The van der Waals surface area contributed by atoms with Gasteiger partial charge in [0.25, 0.3) is 0 Å². The lowest BCUT2D eigenvalue weighted by Crippen LogP contribution is -2.52. The Labute approximate surface area is 271 Å². The predicted molar refractivity (Wildman–Crippen MR) is 179 cm³/mol. The Balaban J connectivity index is 1.60. The van der Waals surface area contributed by atoms with Crippen molar-refractivity contribution < 1.29 is 18.0 Å². The van der Waals surface area contributed by atoms with Crippen molar-refractivity contribution in [3.63, 3.8) is 0 Å². The normalized spacial score (nSPS) is 14.5. The quantitative estimate of drug-likeness (QED) is 0.216. The summed E-state index contributed by atoms with van der Waals surface area (Å²) in [7, 11) is -3.64. The van der Waals surface area contributed by atoms with Crippen LogP contribution < -0.4 is 9.62 Å². The van der Waals surface area contributed by atoms with E-state index in [2.05, 4.69) is 5.32 Å². The second-order valence-corrected chi connectivity index (χ2v) is 14.3. The molecule has 0 aromatic heterocycles. The van der Waals surface area contributed by atoms with Gasteiger partial charge >= 0.3 is 0 Å². The Bertz CT molecular complexity index is 1530. The van der Waals surface area contributed by atoms with E-state index in [1.54, 1.807) is 42.2 Å². The van der Waals surface area contributed by atoms with Gasteiger partial charge in [0.1, 0.15) is 6.04 Å². The molecule has 1 saturated carbocycles. The molecule has 0 bridgehead atoms. The molecule has 0 heterocycles. The summed E-state index contributed by atoms with van der Waals surface area (Å²) in [5, 5.41) is 4.25. The van der Waals surface area contributed by atoms with Crippen molar-refractivity contribution in [2.24, 2.45) is 0 Å². The number of sulfonamides is 1. The maximum atomic E-state index is 14.1. The molecule has 4 rings (SSSR count). The Morgan fingerprint density at radius 2 is 1.61 bits per heavy atom. The van der Waals surface area contributed by atoms with E-state index in [0.717, 1.165) is 43.1 Å². The lowest BCUT2D eigenvalue weighted by molar-refractivity contribution is -0.141. The molecule has 1 N–H and O–H groups in total. The average molecular weight is 659 g/mol. The number of benzene rings is 3. The fourth-order valence-electron chi connectivity index (χ4n) is 5.78. The molecule has 10 heteroatoms. The molecule has 1 fully saturated rings. The topological polar surface area (TPSA) is 86.8 Å². The van der Waals surface area contributed by atoms with Crippen LogP contribution in [0.1, 0.15) is 61.6 Å². The van der Waals surface area contributed by atoms with E-state index in [0.29, 0.717) is 27.7 Å². The zero-order valence-corrected chi connectivity index (χ0v) is 27.7. The van der Waals surface area contributed by atoms with Crippen LogP contribution in [0.4, 0.5) is 5.69 Å². The van der Waals surface area contributed by atoms with E-state index in [-0.39, 0.29) is 43.8 Å². The average Bonchev–Trinajstić information content (AvgIpc) is 2.99. The van der Waals surface area contributed by atoms with Gasteiger partial charge in [-0.15, -0.1) is 0 Å². The molecular formula is C34H41Cl2N3O4S. The third kappa shape index (κ3) is 9.46. The molecule has 7 nitrogen and oxygen atoms in total. The Hall–Kier alpha value is -3.07. The fourth-order valence-corrected chi connectivity index (χ4v) is 7.18. The number of halogens is 2. The molecular weight excluding hydrogens is 617 g/mol. The van der Waals surface area contributed by atoms with Crippen LogP contribution >= 0.6 is 23.2 Å². The summed E-state index contributed by atoms with van der Waals surface area (Å²) in [4.78, 5) is 29.7. The first-order chi connectivity index (χ1) is 21.0. The first-order valence-electron chi connectivity index (χ1n) is 15.1. The van der Waals surface area contributed by atoms with E-state index in [9.17, 15) is 18.0 Å². The number of amides is 2. The van der Waals surface area contributed by atoms with E-state index in [1.165, 1.54) is 10.7 Å². The van der Waals surface area contributed by atoms with Gasteiger partial charge < -0.3 is 10.2 Å². The number of nitrogens with zero attached hydrogens (tertiary/aromatic N) is 2. The highest BCUT2D eigenvalue weighted by Gasteiger charge is 2.32. The minimum atomic E-state index is -3.64. The summed E-state index contributed by atoms with van der Waals surface area (Å²) >= 11 is 12.6. The van der Waals surface area contributed by atoms with E-state index < -0.39 is 16.1 Å². The van der Waals surface area contributed by atoms with Crippen LogP contribution in [0.25, 0.3) is 0 Å². The number of anilines is 1. The second kappa shape index (κ2) is 15.8. The van der Waals surface area contributed by atoms with Gasteiger partial charge in [0, 0.05) is 42.0 Å². The van der Waals surface area contributed by atoms with Crippen molar-refractivity contribution in [3.05, 3.63) is 99.5 Å². The highest BCUT2D eigenvalue weighted by atomic mass is 35.5. The van der Waals surface area contributed by atoms with Crippen LogP contribution in [0.3, 0.4) is 0 Å². The molecule has 1 atom stereocenters. The first-order valence-corrected chi connectivity index (χ1v) is 17.7. The first kappa shape index (κ1) is 33.8. The van der Waals surface area contributed by atoms with Crippen molar-refractivity contribution >= 4 is 50.7 Å². The zero-order valence-electron chi connectivity index (χ0n) is 25.3. The largest absolute Gasteiger partial charge is 0.352 e. The number of hydrogen-bond donors (Lipinski definition) is 1. The second-order valence-electron chi connectivity index (χ2n) is 11.5. The van der Waals surface area contributed by atoms with Crippen LogP contribution in [-0.4, -0.2) is 50.0 Å². The molecule has 0 aliphatic heterocycles. The maximum Gasteiger partial charge on any atom is 0.243 e. The molecule has 1 aliphatic rings. The Kier molecular flexibility index (Phi) is 12.1. The predicted octanol–water partition coefficient (Wildman–Crippen LogP) is 6.94. The van der Waals surface area contributed by atoms with Crippen LogP contribution in [0.5, 0.6) is 0 Å². The van der Waals surface area contributed by atoms with Crippen molar-refractivity contribution in [3.8, 4) is 0 Å². The van der Waals surface area contributed by atoms with Gasteiger partial charge in [-0.3, -0.25) is 13.9 Å². The third-order valence-electron chi connectivity index (χ3n) is 8.12. The van der Waals surface area contributed by atoms with Gasteiger partial charge in [-0.05, 0) is 67.1 Å². The monoisotopic (exact) mass is 657 g/mol. The minimum Gasteiger partial charge on any atom is -0.352 e. The molecule has 3 aromatic carbocycles. The van der Waals surface area contributed by atoms with Crippen LogP contribution in [0.15, 0.2) is 72.8 Å². The third-order valence-corrected chi connectivity index (χ3v) is 9.95. The van der Waals surface area contributed by atoms with E-state index in [1.807, 2.05) is 42.5 Å². The van der Waals surface area contributed by atoms with Gasteiger partial charge in [0.2, 0.25) is 21.8 Å². The van der Waals surface area contributed by atoms with Gasteiger partial charge in [-0.2, -0.15) is 0 Å². The van der Waals surface area contributed by atoms with Gasteiger partial charge in [0.15, 0.2) is 0 Å². The molecule has 0 spiro atoms. The number of carbonyl (C=O) groups is 2. The zero-order chi connectivity index (χ0) is 31.7. The van der Waals surface area contributed by atoms with Gasteiger partial charge in [0.05, 0.1) is 11.9 Å². The highest BCUT2D eigenvalue weighted by Crippen LogP contribution is 2.29. The van der Waals surface area contributed by atoms with Crippen molar-refractivity contribution in [1.82, 2.24) is 10.2 Å². The lowest BCUT2D eigenvalue weighted by atomic mass is 9.94. The number of carbonyl (C=O) groups excluding carboxylic acids is 2. The molecule has 0 unspecified atom stereocenters. The number of rotatable bonds is 13. The summed E-state index contributed by atoms with van der Waals surface area (Å²) in [5.74, 6) is -0.413. The molecule has 2 amide bonds. The van der Waals surface area contributed by atoms with Crippen LogP contribution in [-0.2, 0) is 32.6 Å². The van der Waals surface area contributed by atoms with Gasteiger partial charge in [-0.25, -0.2) is 8.42 Å². The molecule has 236 valence electrons. The standard InChI is InChI=1S/C34H41Cl2N3O4S/c1-25-30(36)18-10-19-31(25)39(44(2,42)43)21-11-20-33(40)38(24-27-14-9-15-28(35)22-27)32(23-26-12-5-3-6-13-26)34(41)37-29-16-7-4-8-17-29/h3,5-6,9-10,12-15,18-19,22,29,32H,4,7-8,11,16-17,20-21,23-24H2,1-2H3,(H,37,41)/t32-/m0/s1. The minimum absolute atomic E-state index is 0.0498. The van der Waals surface area contributed by atoms with Crippen molar-refractivity contribution in [1.29, 1.82) is 0 Å². The van der Waals surface area contributed by atoms with E-state index in [4.69, 9.17) is 23.2 Å². The highest BCUT2D eigenvalue weighted by molar-refractivity contribution is 7.92. The smallest absolute Gasteiger partial charge is 0.243 e. The summed E-state index contributed by atoms with van der Waals surface area (Å²) in [5.41, 5.74) is 2.88. The summed E-state index contributed by atoms with van der Waals surface area (Å²) < 4.78 is 26.9. The molecule has 1 aliphatic carbocycles. The number of hydrogen-bond acceptors (Lipinski definition) is 4. The Morgan fingerprint density at radius 1 is 0.932 bits per heavy atom. The summed E-state index contributed by atoms with van der Waals surface area (Å²) in [6.07, 6.45) is 6.96. The van der Waals surface area contributed by atoms with Crippen molar-refractivity contribution in [2.75, 3.05) is 17.1 Å². The van der Waals surface area contributed by atoms with Crippen molar-refractivity contribution in [2.45, 2.75) is 76.9 Å². The summed E-state index contributed by atoms with van der Waals surface area (Å²) in [6, 6.07) is 21.4. The maximum absolute atomic E-state index is 14.1. The SMILES string of the molecule is Cc1c(Cl)cccc1N(CCCC(=O)N(Cc1cccc(Cl)c1)[C@@H](Cc1ccccc1)C(=O)NC1CCCCC1)S(C)(=O)=O. The number of nitrogens with one attached hydrogen (secondary N) is 1. The van der Waals surface area contributed by atoms with E-state index >= 15 is 0 Å². The lowest BCUT2D eigenvalue weighted by Gasteiger charge is -2.34.